The van der Waals surface area contributed by atoms with Crippen LogP contribution in [0.15, 0.2) is 65.1 Å². The summed E-state index contributed by atoms with van der Waals surface area (Å²) >= 11 is 0. The van der Waals surface area contributed by atoms with Crippen LogP contribution in [0.3, 0.4) is 0 Å². The van der Waals surface area contributed by atoms with Gasteiger partial charge in [-0.1, -0.05) is 36.4 Å². The Hall–Kier alpha value is -3.12. The zero-order chi connectivity index (χ0) is 18.6. The van der Waals surface area contributed by atoms with E-state index in [1.54, 1.807) is 11.0 Å². The highest BCUT2D eigenvalue weighted by Gasteiger charge is 2.25. The molecule has 1 fully saturated rings. The first-order valence-corrected chi connectivity index (χ1v) is 9.04. The molecule has 4 rings (SSSR count). The monoisotopic (exact) mass is 363 g/mol. The zero-order valence-electron chi connectivity index (χ0n) is 14.9. The Bertz CT molecular complexity index is 910. The molecule has 1 aromatic heterocycles. The van der Waals surface area contributed by atoms with Crippen molar-refractivity contribution in [3.8, 4) is 0 Å². The van der Waals surface area contributed by atoms with E-state index >= 15 is 0 Å². The number of amides is 2. The number of fused-ring (bicyclic) bond motifs is 1. The van der Waals surface area contributed by atoms with Gasteiger partial charge < -0.3 is 14.6 Å². The molecule has 27 heavy (non-hydrogen) atoms. The molecule has 1 N–H and O–H groups in total. The van der Waals surface area contributed by atoms with Crippen LogP contribution in [-0.2, 0) is 4.79 Å². The molecule has 1 aliphatic heterocycles. The molecular weight excluding hydrogens is 342 g/mol. The largest absolute Gasteiger partial charge is 0.451 e. The van der Waals surface area contributed by atoms with Crippen LogP contribution in [0.1, 0.15) is 10.6 Å². The second-order valence-electron chi connectivity index (χ2n) is 6.63. The molecule has 6 nitrogen and oxygen atoms in total. The van der Waals surface area contributed by atoms with Crippen molar-refractivity contribution in [2.24, 2.45) is 0 Å². The van der Waals surface area contributed by atoms with Crippen molar-refractivity contribution < 1.29 is 14.0 Å². The van der Waals surface area contributed by atoms with Gasteiger partial charge in [-0.05, 0) is 24.3 Å². The number of anilines is 1. The highest BCUT2D eigenvalue weighted by molar-refractivity contribution is 5.96. The quantitative estimate of drug-likeness (QED) is 0.774. The van der Waals surface area contributed by atoms with Gasteiger partial charge in [-0.25, -0.2) is 0 Å². The van der Waals surface area contributed by atoms with E-state index in [4.69, 9.17) is 4.42 Å². The fraction of sp³-hybridized carbons (Fsp3) is 0.238. The van der Waals surface area contributed by atoms with Gasteiger partial charge in [-0.3, -0.25) is 14.5 Å². The van der Waals surface area contributed by atoms with Crippen molar-refractivity contribution in [3.05, 3.63) is 66.4 Å². The van der Waals surface area contributed by atoms with Gasteiger partial charge in [-0.15, -0.1) is 0 Å². The van der Waals surface area contributed by atoms with Gasteiger partial charge in [0.15, 0.2) is 5.76 Å². The SMILES string of the molecule is O=C(CN1CCN(C(=O)c2cc3ccccc3o2)CC1)Nc1ccccc1. The van der Waals surface area contributed by atoms with Crippen molar-refractivity contribution in [1.29, 1.82) is 0 Å². The number of carbonyl (C=O) groups is 2. The topological polar surface area (TPSA) is 65.8 Å². The molecule has 0 atom stereocenters. The molecule has 3 aromatic rings. The van der Waals surface area contributed by atoms with Crippen LogP contribution in [-0.4, -0.2) is 54.3 Å². The number of para-hydroxylation sites is 2. The molecule has 2 heterocycles. The fourth-order valence-electron chi connectivity index (χ4n) is 3.28. The Morgan fingerprint density at radius 3 is 2.37 bits per heavy atom. The van der Waals surface area contributed by atoms with Gasteiger partial charge in [-0.2, -0.15) is 0 Å². The number of piperazine rings is 1. The van der Waals surface area contributed by atoms with Crippen LogP contribution in [0.4, 0.5) is 5.69 Å². The van der Waals surface area contributed by atoms with Gasteiger partial charge >= 0.3 is 0 Å². The van der Waals surface area contributed by atoms with Gasteiger partial charge in [0.2, 0.25) is 5.91 Å². The summed E-state index contributed by atoms with van der Waals surface area (Å²) in [7, 11) is 0. The number of hydrogen-bond acceptors (Lipinski definition) is 4. The Kier molecular flexibility index (Phi) is 4.89. The number of nitrogens with one attached hydrogen (secondary N) is 1. The summed E-state index contributed by atoms with van der Waals surface area (Å²) in [5.74, 6) is 0.226. The molecule has 138 valence electrons. The van der Waals surface area contributed by atoms with E-state index < -0.39 is 0 Å². The highest BCUT2D eigenvalue weighted by Crippen LogP contribution is 2.20. The van der Waals surface area contributed by atoms with Crippen LogP contribution in [0.5, 0.6) is 0 Å². The molecule has 1 saturated heterocycles. The summed E-state index contributed by atoms with van der Waals surface area (Å²) in [6.45, 7) is 2.80. The summed E-state index contributed by atoms with van der Waals surface area (Å²) in [4.78, 5) is 28.7. The summed E-state index contributed by atoms with van der Waals surface area (Å²) in [6, 6.07) is 18.8. The predicted octanol–water partition coefficient (Wildman–Crippen LogP) is 2.83. The summed E-state index contributed by atoms with van der Waals surface area (Å²) < 4.78 is 5.67. The molecule has 0 saturated carbocycles. The maximum Gasteiger partial charge on any atom is 0.289 e. The third kappa shape index (κ3) is 4.01. The number of nitrogens with zero attached hydrogens (tertiary/aromatic N) is 2. The average molecular weight is 363 g/mol. The van der Waals surface area contributed by atoms with E-state index in [0.29, 0.717) is 38.5 Å². The van der Waals surface area contributed by atoms with Gasteiger partial charge in [0.05, 0.1) is 6.54 Å². The van der Waals surface area contributed by atoms with E-state index in [1.165, 1.54) is 0 Å². The number of carbonyl (C=O) groups excluding carboxylic acids is 2. The number of hydrogen-bond donors (Lipinski definition) is 1. The number of benzene rings is 2. The zero-order valence-corrected chi connectivity index (χ0v) is 14.9. The van der Waals surface area contributed by atoms with Gasteiger partial charge in [0, 0.05) is 37.3 Å². The lowest BCUT2D eigenvalue weighted by Gasteiger charge is -2.33. The molecule has 0 unspecified atom stereocenters. The summed E-state index contributed by atoms with van der Waals surface area (Å²) in [5, 5.41) is 3.82. The molecule has 0 aliphatic carbocycles. The molecule has 0 bridgehead atoms. The van der Waals surface area contributed by atoms with Gasteiger partial charge in [0.1, 0.15) is 5.58 Å². The Morgan fingerprint density at radius 1 is 0.926 bits per heavy atom. The van der Waals surface area contributed by atoms with Crippen LogP contribution in [0.25, 0.3) is 11.0 Å². The van der Waals surface area contributed by atoms with Crippen LogP contribution in [0, 0.1) is 0 Å². The second kappa shape index (κ2) is 7.63. The Labute approximate surface area is 157 Å². The van der Waals surface area contributed by atoms with Gasteiger partial charge in [0.25, 0.3) is 5.91 Å². The maximum absolute atomic E-state index is 12.7. The first-order valence-electron chi connectivity index (χ1n) is 9.04. The Morgan fingerprint density at radius 2 is 1.63 bits per heavy atom. The van der Waals surface area contributed by atoms with E-state index in [1.807, 2.05) is 54.6 Å². The highest BCUT2D eigenvalue weighted by atomic mass is 16.3. The number of furan rings is 1. The minimum atomic E-state index is -0.0976. The smallest absolute Gasteiger partial charge is 0.289 e. The van der Waals surface area contributed by atoms with E-state index in [0.717, 1.165) is 16.7 Å². The minimum absolute atomic E-state index is 0.0433. The molecule has 0 spiro atoms. The lowest BCUT2D eigenvalue weighted by Crippen LogP contribution is -2.50. The predicted molar refractivity (Wildman–Crippen MR) is 104 cm³/mol. The van der Waals surface area contributed by atoms with Crippen molar-refractivity contribution in [3.63, 3.8) is 0 Å². The molecule has 2 amide bonds. The molecular formula is C21H21N3O3. The first-order chi connectivity index (χ1) is 13.2. The third-order valence-corrected chi connectivity index (χ3v) is 4.72. The third-order valence-electron chi connectivity index (χ3n) is 4.72. The first kappa shape index (κ1) is 17.3. The van der Waals surface area contributed by atoms with E-state index in [9.17, 15) is 9.59 Å². The molecule has 0 radical (unpaired) electrons. The second-order valence-corrected chi connectivity index (χ2v) is 6.63. The van der Waals surface area contributed by atoms with E-state index in [-0.39, 0.29) is 11.8 Å². The summed E-state index contributed by atoms with van der Waals surface area (Å²) in [5.41, 5.74) is 1.51. The van der Waals surface area contributed by atoms with Crippen molar-refractivity contribution in [1.82, 2.24) is 9.80 Å². The fourth-order valence-corrected chi connectivity index (χ4v) is 3.28. The van der Waals surface area contributed by atoms with E-state index in [2.05, 4.69) is 10.2 Å². The van der Waals surface area contributed by atoms with Crippen molar-refractivity contribution in [2.75, 3.05) is 38.0 Å². The van der Waals surface area contributed by atoms with Crippen molar-refractivity contribution >= 4 is 28.5 Å². The van der Waals surface area contributed by atoms with Crippen LogP contribution < -0.4 is 5.32 Å². The Balaban J connectivity index is 1.30. The standard InChI is InChI=1S/C21H21N3O3/c25-20(22-17-7-2-1-3-8-17)15-23-10-12-24(13-11-23)21(26)19-14-16-6-4-5-9-18(16)27-19/h1-9,14H,10-13,15H2,(H,22,25). The van der Waals surface area contributed by atoms with Crippen molar-refractivity contribution in [2.45, 2.75) is 0 Å². The summed E-state index contributed by atoms with van der Waals surface area (Å²) in [6.07, 6.45) is 0. The maximum atomic E-state index is 12.7. The number of rotatable bonds is 4. The van der Waals surface area contributed by atoms with Crippen LogP contribution >= 0.6 is 0 Å². The molecule has 1 aliphatic rings. The van der Waals surface area contributed by atoms with Crippen LogP contribution in [0.2, 0.25) is 0 Å². The normalized spacial score (nSPS) is 15.0. The average Bonchev–Trinajstić information content (AvgIpc) is 3.13. The minimum Gasteiger partial charge on any atom is -0.451 e. The lowest BCUT2D eigenvalue weighted by molar-refractivity contribution is -0.117. The molecule has 6 heteroatoms. The molecule has 2 aromatic carbocycles. The lowest BCUT2D eigenvalue weighted by atomic mass is 10.2.